The number of hydrogen-bond acceptors (Lipinski definition) is 5. The van der Waals surface area contributed by atoms with Crippen molar-refractivity contribution in [2.45, 2.75) is 29.4 Å². The highest BCUT2D eigenvalue weighted by atomic mass is 79.9. The predicted octanol–water partition coefficient (Wildman–Crippen LogP) is 3.85. The maximum atomic E-state index is 13.7. The van der Waals surface area contributed by atoms with Gasteiger partial charge in [0.1, 0.15) is 27.8 Å². The van der Waals surface area contributed by atoms with Gasteiger partial charge in [0.15, 0.2) is 9.84 Å². The summed E-state index contributed by atoms with van der Waals surface area (Å²) >= 11 is 2.95. The van der Waals surface area contributed by atoms with E-state index in [-0.39, 0.29) is 32.2 Å². The second kappa shape index (κ2) is 7.12. The van der Waals surface area contributed by atoms with Crippen molar-refractivity contribution < 1.29 is 32.6 Å². The van der Waals surface area contributed by atoms with Crippen LogP contribution in [-0.4, -0.2) is 31.7 Å². The van der Waals surface area contributed by atoms with Crippen molar-refractivity contribution in [2.24, 2.45) is 0 Å². The van der Waals surface area contributed by atoms with E-state index in [1.807, 2.05) is 0 Å². The molecule has 0 spiro atoms. The normalized spacial score (nSPS) is 14.2. The first kappa shape index (κ1) is 19.6. The van der Waals surface area contributed by atoms with E-state index in [2.05, 4.69) is 15.9 Å². The van der Waals surface area contributed by atoms with Gasteiger partial charge in [-0.25, -0.2) is 17.6 Å². The molecule has 0 atom stereocenters. The highest BCUT2D eigenvalue weighted by Gasteiger charge is 2.29. The van der Waals surface area contributed by atoms with Gasteiger partial charge in [0.2, 0.25) is 0 Å². The maximum absolute atomic E-state index is 13.7. The van der Waals surface area contributed by atoms with E-state index in [4.69, 9.17) is 4.74 Å². The Morgan fingerprint density at radius 3 is 2.52 bits per heavy atom. The van der Waals surface area contributed by atoms with E-state index in [9.17, 15) is 27.8 Å². The Bertz CT molecular complexity index is 1030. The maximum Gasteiger partial charge on any atom is 0.339 e. The van der Waals surface area contributed by atoms with Gasteiger partial charge in [-0.15, -0.1) is 0 Å². The number of aromatic hydroxyl groups is 1. The van der Waals surface area contributed by atoms with Crippen LogP contribution in [0.1, 0.15) is 40.2 Å². The molecule has 144 valence electrons. The second-order valence-electron chi connectivity index (χ2n) is 6.33. The lowest BCUT2D eigenvalue weighted by Crippen LogP contribution is -2.10. The Kier molecular flexibility index (Phi) is 5.18. The third-order valence-corrected chi connectivity index (χ3v) is 6.67. The van der Waals surface area contributed by atoms with Crippen LogP contribution in [0.4, 0.5) is 4.39 Å². The molecule has 0 bridgehead atoms. The summed E-state index contributed by atoms with van der Waals surface area (Å²) in [6.45, 7) is 0. The van der Waals surface area contributed by atoms with Gasteiger partial charge in [0.05, 0.1) is 17.3 Å². The lowest BCUT2D eigenvalue weighted by atomic mass is 10.0. The monoisotopic (exact) mass is 458 g/mol. The Hall–Kier alpha value is -2.13. The van der Waals surface area contributed by atoms with Gasteiger partial charge in [-0.05, 0) is 52.4 Å². The standard InChI is InChI=1S/C18H16BrFO6S/c1-26-15-7-14(20)13(19)6-16(15)27(24,25)8-11-4-10(9-2-3-9)5-12(17(11)21)18(22)23/h4-7,9,21H,2-3,8H2,1H3,(H,22,23). The molecule has 2 aromatic carbocycles. The molecule has 0 amide bonds. The van der Waals surface area contributed by atoms with Gasteiger partial charge in [0, 0.05) is 11.6 Å². The first-order valence-electron chi connectivity index (χ1n) is 7.99. The molecule has 0 heterocycles. The van der Waals surface area contributed by atoms with Crippen LogP contribution in [0.3, 0.4) is 0 Å². The van der Waals surface area contributed by atoms with E-state index in [1.165, 1.54) is 19.2 Å². The Labute approximate surface area is 163 Å². The largest absolute Gasteiger partial charge is 0.507 e. The molecular weight excluding hydrogens is 443 g/mol. The molecule has 9 heteroatoms. The number of ether oxygens (including phenoxy) is 1. The van der Waals surface area contributed by atoms with Gasteiger partial charge in [-0.1, -0.05) is 6.07 Å². The zero-order valence-corrected chi connectivity index (χ0v) is 16.6. The molecule has 0 aromatic heterocycles. The number of phenols is 1. The van der Waals surface area contributed by atoms with Crippen molar-refractivity contribution in [1.82, 2.24) is 0 Å². The number of carboxylic acids is 1. The highest BCUT2D eigenvalue weighted by molar-refractivity contribution is 9.10. The van der Waals surface area contributed by atoms with E-state index >= 15 is 0 Å². The molecule has 0 aliphatic heterocycles. The van der Waals surface area contributed by atoms with Crippen LogP contribution in [0.2, 0.25) is 0 Å². The van der Waals surface area contributed by atoms with Gasteiger partial charge in [-0.2, -0.15) is 0 Å². The molecule has 1 saturated carbocycles. The van der Waals surface area contributed by atoms with Gasteiger partial charge in [-0.3, -0.25) is 0 Å². The van der Waals surface area contributed by atoms with Crippen LogP contribution in [-0.2, 0) is 15.6 Å². The number of sulfone groups is 1. The molecule has 2 N–H and O–H groups in total. The lowest BCUT2D eigenvalue weighted by Gasteiger charge is -2.14. The van der Waals surface area contributed by atoms with E-state index < -0.39 is 33.1 Å². The Morgan fingerprint density at radius 2 is 1.96 bits per heavy atom. The minimum absolute atomic E-state index is 0.0145. The molecule has 27 heavy (non-hydrogen) atoms. The molecule has 2 aromatic rings. The quantitative estimate of drug-likeness (QED) is 0.637. The molecule has 3 rings (SSSR count). The fourth-order valence-electron chi connectivity index (χ4n) is 2.84. The molecule has 1 aliphatic carbocycles. The van der Waals surface area contributed by atoms with Crippen molar-refractivity contribution in [3.05, 3.63) is 51.2 Å². The molecule has 0 radical (unpaired) electrons. The van der Waals surface area contributed by atoms with Crippen LogP contribution < -0.4 is 4.74 Å². The number of carbonyl (C=O) groups is 1. The summed E-state index contributed by atoms with van der Waals surface area (Å²) in [5.74, 6) is -3.26. The number of rotatable bonds is 6. The van der Waals surface area contributed by atoms with Crippen LogP contribution in [0.25, 0.3) is 0 Å². The summed E-state index contributed by atoms with van der Waals surface area (Å²) in [5, 5.41) is 19.6. The van der Waals surface area contributed by atoms with E-state index in [0.29, 0.717) is 5.56 Å². The third-order valence-electron chi connectivity index (χ3n) is 4.38. The second-order valence-corrected chi connectivity index (χ2v) is 9.14. The molecule has 0 unspecified atom stereocenters. The number of benzene rings is 2. The average molecular weight is 459 g/mol. The van der Waals surface area contributed by atoms with E-state index in [0.717, 1.165) is 25.0 Å². The highest BCUT2D eigenvalue weighted by Crippen LogP contribution is 2.43. The van der Waals surface area contributed by atoms with Crippen molar-refractivity contribution in [3.8, 4) is 11.5 Å². The summed E-state index contributed by atoms with van der Waals surface area (Å²) < 4.78 is 44.4. The number of halogens is 2. The number of methoxy groups -OCH3 is 1. The summed E-state index contributed by atoms with van der Waals surface area (Å²) in [6, 6.07) is 4.92. The Morgan fingerprint density at radius 1 is 1.30 bits per heavy atom. The SMILES string of the molecule is COc1cc(F)c(Br)cc1S(=O)(=O)Cc1cc(C2CC2)cc(C(=O)O)c1O. The first-order valence-corrected chi connectivity index (χ1v) is 10.4. The fraction of sp³-hybridized carbons (Fsp3) is 0.278. The molecule has 0 saturated heterocycles. The van der Waals surface area contributed by atoms with Crippen LogP contribution in [0.15, 0.2) is 33.6 Å². The first-order chi connectivity index (χ1) is 12.6. The van der Waals surface area contributed by atoms with Crippen molar-refractivity contribution in [2.75, 3.05) is 7.11 Å². The predicted molar refractivity (Wildman–Crippen MR) is 98.6 cm³/mol. The molecule has 1 fully saturated rings. The minimum Gasteiger partial charge on any atom is -0.507 e. The zero-order chi connectivity index (χ0) is 19.9. The van der Waals surface area contributed by atoms with Crippen LogP contribution >= 0.6 is 15.9 Å². The van der Waals surface area contributed by atoms with Crippen LogP contribution in [0.5, 0.6) is 11.5 Å². The van der Waals surface area contributed by atoms with Crippen LogP contribution in [0, 0.1) is 5.82 Å². The summed E-state index contributed by atoms with van der Waals surface area (Å²) in [7, 11) is -2.84. The van der Waals surface area contributed by atoms with Gasteiger partial charge in [0.25, 0.3) is 0 Å². The summed E-state index contributed by atoms with van der Waals surface area (Å²) in [5.41, 5.74) is 0.332. The topological polar surface area (TPSA) is 101 Å². The molecular formula is C18H16BrFO6S. The number of hydrogen-bond donors (Lipinski definition) is 2. The fourth-order valence-corrected chi connectivity index (χ4v) is 4.87. The zero-order valence-electron chi connectivity index (χ0n) is 14.2. The number of aromatic carboxylic acids is 1. The van der Waals surface area contributed by atoms with Crippen molar-refractivity contribution in [1.29, 1.82) is 0 Å². The van der Waals surface area contributed by atoms with Gasteiger partial charge >= 0.3 is 5.97 Å². The third kappa shape index (κ3) is 3.93. The summed E-state index contributed by atoms with van der Waals surface area (Å²) in [4.78, 5) is 11.2. The molecule has 6 nitrogen and oxygen atoms in total. The minimum atomic E-state index is -4.06. The lowest BCUT2D eigenvalue weighted by molar-refractivity contribution is 0.0693. The number of carboxylic acid groups (broad SMARTS) is 1. The van der Waals surface area contributed by atoms with Crippen molar-refractivity contribution in [3.63, 3.8) is 0 Å². The van der Waals surface area contributed by atoms with Crippen molar-refractivity contribution >= 4 is 31.7 Å². The Balaban J connectivity index is 2.09. The molecule has 1 aliphatic rings. The average Bonchev–Trinajstić information content (AvgIpc) is 3.43. The van der Waals surface area contributed by atoms with E-state index in [1.54, 1.807) is 0 Å². The summed E-state index contributed by atoms with van der Waals surface area (Å²) in [6.07, 6.45) is 1.77. The smallest absolute Gasteiger partial charge is 0.339 e. The van der Waals surface area contributed by atoms with Gasteiger partial charge < -0.3 is 14.9 Å².